The van der Waals surface area contributed by atoms with E-state index in [9.17, 15) is 24.2 Å². The Balaban J connectivity index is 2.23. The number of hydrogen-bond acceptors (Lipinski definition) is 5. The van der Waals surface area contributed by atoms with Crippen LogP contribution in [0.2, 0.25) is 0 Å². The monoisotopic (exact) mass is 380 g/mol. The highest BCUT2D eigenvalue weighted by atomic mass is 32.1. The number of carbonyl (C=O) groups excluding carboxylic acids is 1. The van der Waals surface area contributed by atoms with Crippen molar-refractivity contribution in [2.24, 2.45) is 0 Å². The summed E-state index contributed by atoms with van der Waals surface area (Å²) in [6, 6.07) is 5.02. The van der Waals surface area contributed by atoms with Crippen molar-refractivity contribution in [1.29, 1.82) is 0 Å². The molecule has 0 aliphatic rings. The summed E-state index contributed by atoms with van der Waals surface area (Å²) in [5.41, 5.74) is -0.358. The van der Waals surface area contributed by atoms with Crippen LogP contribution in [0.5, 0.6) is 0 Å². The van der Waals surface area contributed by atoms with Gasteiger partial charge in [0.05, 0.1) is 17.2 Å². The maximum atomic E-state index is 13.9. The number of aliphatic hydroxyl groups excluding tert-OH is 1. The van der Waals surface area contributed by atoms with Gasteiger partial charge in [0.15, 0.2) is 0 Å². The molecule has 1 aromatic carbocycles. The van der Waals surface area contributed by atoms with Crippen LogP contribution >= 0.6 is 11.3 Å². The second-order valence-corrected chi connectivity index (χ2v) is 7.45. The highest BCUT2D eigenvalue weighted by Gasteiger charge is 2.35. The summed E-state index contributed by atoms with van der Waals surface area (Å²) in [5, 5.41) is 23.1. The van der Waals surface area contributed by atoms with Gasteiger partial charge in [0, 0.05) is 17.4 Å². The zero-order chi connectivity index (χ0) is 19.5. The molecule has 0 fully saturated rings. The van der Waals surface area contributed by atoms with Crippen molar-refractivity contribution in [1.82, 2.24) is 10.3 Å². The van der Waals surface area contributed by atoms with Gasteiger partial charge in [-0.15, -0.1) is 11.3 Å². The van der Waals surface area contributed by atoms with Gasteiger partial charge in [0.2, 0.25) is 5.91 Å². The van der Waals surface area contributed by atoms with E-state index >= 15 is 0 Å². The third-order valence-corrected chi connectivity index (χ3v) is 4.87. The van der Waals surface area contributed by atoms with Gasteiger partial charge in [-0.2, -0.15) is 0 Å². The van der Waals surface area contributed by atoms with Gasteiger partial charge in [-0.25, -0.2) is 14.2 Å². The maximum absolute atomic E-state index is 13.9. The van der Waals surface area contributed by atoms with Crippen LogP contribution in [-0.2, 0) is 15.0 Å². The Morgan fingerprint density at radius 3 is 2.58 bits per heavy atom. The number of hydrogen-bond donors (Lipinski definition) is 3. The lowest BCUT2D eigenvalue weighted by Gasteiger charge is -2.25. The van der Waals surface area contributed by atoms with Gasteiger partial charge in [-0.05, 0) is 32.9 Å². The molecule has 1 aromatic heterocycles. The Morgan fingerprint density at radius 1 is 1.35 bits per heavy atom. The Labute approximate surface area is 154 Å². The summed E-state index contributed by atoms with van der Waals surface area (Å²) in [6.45, 7) is 4.68. The molecule has 0 aliphatic carbocycles. The second kappa shape index (κ2) is 7.92. The van der Waals surface area contributed by atoms with Crippen LogP contribution in [0.25, 0.3) is 10.6 Å². The lowest BCUT2D eigenvalue weighted by molar-refractivity contribution is -0.143. The molecule has 1 heterocycles. The normalized spacial score (nSPS) is 13.9. The molecule has 0 spiro atoms. The van der Waals surface area contributed by atoms with E-state index in [0.29, 0.717) is 16.3 Å². The van der Waals surface area contributed by atoms with Crippen LogP contribution in [0.4, 0.5) is 4.39 Å². The molecule has 0 bridgehead atoms. The zero-order valence-electron chi connectivity index (χ0n) is 14.7. The van der Waals surface area contributed by atoms with Gasteiger partial charge >= 0.3 is 5.97 Å². The van der Waals surface area contributed by atoms with Crippen molar-refractivity contribution in [3.8, 4) is 10.6 Å². The molecule has 6 nitrogen and oxygen atoms in total. The number of amides is 1. The fourth-order valence-electron chi connectivity index (χ4n) is 2.34. The Hall–Kier alpha value is -2.32. The summed E-state index contributed by atoms with van der Waals surface area (Å²) >= 11 is 1.21. The van der Waals surface area contributed by atoms with Gasteiger partial charge in [0.1, 0.15) is 16.9 Å². The number of halogens is 1. The predicted molar refractivity (Wildman–Crippen MR) is 96.4 cm³/mol. The quantitative estimate of drug-likeness (QED) is 0.686. The second-order valence-electron chi connectivity index (χ2n) is 6.59. The van der Waals surface area contributed by atoms with Gasteiger partial charge in [-0.1, -0.05) is 12.1 Å². The number of aliphatic hydroxyl groups is 1. The Kier molecular flexibility index (Phi) is 6.09. The molecule has 2 rings (SSSR count). The Bertz CT molecular complexity index is 804. The highest BCUT2D eigenvalue weighted by Crippen LogP contribution is 2.31. The van der Waals surface area contributed by atoms with Gasteiger partial charge < -0.3 is 15.5 Å². The number of benzene rings is 1. The first-order valence-corrected chi connectivity index (χ1v) is 8.93. The smallest absolute Gasteiger partial charge is 0.326 e. The molecule has 2 unspecified atom stereocenters. The lowest BCUT2D eigenvalue weighted by atomic mass is 9.88. The van der Waals surface area contributed by atoms with E-state index in [1.54, 1.807) is 37.4 Å². The van der Waals surface area contributed by atoms with Crippen LogP contribution < -0.4 is 5.32 Å². The van der Waals surface area contributed by atoms with Crippen LogP contribution in [0.15, 0.2) is 29.6 Å². The fraction of sp³-hybridized carbons (Fsp3) is 0.389. The van der Waals surface area contributed by atoms with Gasteiger partial charge in [-0.3, -0.25) is 4.79 Å². The number of nitrogens with zero attached hydrogens (tertiary/aromatic N) is 1. The van der Waals surface area contributed by atoms with Crippen molar-refractivity contribution < 1.29 is 24.2 Å². The van der Waals surface area contributed by atoms with E-state index in [0.717, 1.165) is 0 Å². The summed E-state index contributed by atoms with van der Waals surface area (Å²) in [7, 11) is 0. The van der Waals surface area contributed by atoms with Gasteiger partial charge in [0.25, 0.3) is 0 Å². The van der Waals surface area contributed by atoms with Crippen LogP contribution in [-0.4, -0.2) is 39.2 Å². The third-order valence-electron chi connectivity index (χ3n) is 4.00. The minimum atomic E-state index is -1.22. The zero-order valence-corrected chi connectivity index (χ0v) is 15.5. The minimum absolute atomic E-state index is 0.102. The molecule has 1 amide bonds. The van der Waals surface area contributed by atoms with Crippen molar-refractivity contribution in [2.45, 2.75) is 44.8 Å². The first kappa shape index (κ1) is 20.0. The highest BCUT2D eigenvalue weighted by molar-refractivity contribution is 7.13. The molecule has 0 aliphatic heterocycles. The minimum Gasteiger partial charge on any atom is -0.480 e. The molecule has 3 N–H and O–H groups in total. The molecule has 0 saturated heterocycles. The Morgan fingerprint density at radius 2 is 2.00 bits per heavy atom. The number of carboxylic acids is 1. The van der Waals surface area contributed by atoms with E-state index < -0.39 is 35.3 Å². The van der Waals surface area contributed by atoms with E-state index in [1.807, 2.05) is 0 Å². The number of rotatable bonds is 7. The SMILES string of the molecule is CC(O)CC(NC(=O)C(C)(C)c1csc(-c2ccccc2F)n1)C(=O)O. The number of aliphatic carboxylic acids is 1. The number of carbonyl (C=O) groups is 2. The van der Waals surface area contributed by atoms with Crippen molar-refractivity contribution in [3.05, 3.63) is 41.2 Å². The van der Waals surface area contributed by atoms with Crippen molar-refractivity contribution in [2.75, 3.05) is 0 Å². The number of carboxylic acid groups (broad SMARTS) is 1. The van der Waals surface area contributed by atoms with E-state index in [-0.39, 0.29) is 6.42 Å². The molecular weight excluding hydrogens is 359 g/mol. The largest absolute Gasteiger partial charge is 0.480 e. The molecule has 26 heavy (non-hydrogen) atoms. The fourth-order valence-corrected chi connectivity index (χ4v) is 3.35. The molecule has 2 aromatic rings. The summed E-state index contributed by atoms with van der Waals surface area (Å²) in [4.78, 5) is 28.3. The van der Waals surface area contributed by atoms with Crippen LogP contribution in [0.3, 0.4) is 0 Å². The first-order valence-electron chi connectivity index (χ1n) is 8.05. The first-order chi connectivity index (χ1) is 12.1. The molecule has 140 valence electrons. The van der Waals surface area contributed by atoms with Crippen molar-refractivity contribution in [3.63, 3.8) is 0 Å². The van der Waals surface area contributed by atoms with Crippen molar-refractivity contribution >= 4 is 23.2 Å². The summed E-state index contributed by atoms with van der Waals surface area (Å²) < 4.78 is 13.9. The maximum Gasteiger partial charge on any atom is 0.326 e. The molecule has 0 saturated carbocycles. The summed E-state index contributed by atoms with van der Waals surface area (Å²) in [5.74, 6) is -2.16. The lowest BCUT2D eigenvalue weighted by Crippen LogP contribution is -2.49. The van der Waals surface area contributed by atoms with Crippen LogP contribution in [0, 0.1) is 5.82 Å². The standard InChI is InChI=1S/C18H21FN2O4S/c1-10(22)8-13(16(23)24)20-17(25)18(2,3)14-9-26-15(21-14)11-6-4-5-7-12(11)19/h4-7,9-10,13,22H,8H2,1-3H3,(H,20,25)(H,23,24). The average molecular weight is 380 g/mol. The molecule has 0 radical (unpaired) electrons. The third kappa shape index (κ3) is 4.44. The molecular formula is C18H21FN2O4S. The number of aromatic nitrogens is 1. The van der Waals surface area contributed by atoms with E-state index in [2.05, 4.69) is 10.3 Å². The van der Waals surface area contributed by atoms with E-state index in [4.69, 9.17) is 0 Å². The molecule has 2 atom stereocenters. The molecule has 8 heteroatoms. The average Bonchev–Trinajstić information content (AvgIpc) is 3.04. The number of nitrogens with one attached hydrogen (secondary N) is 1. The van der Waals surface area contributed by atoms with Crippen LogP contribution in [0.1, 0.15) is 32.9 Å². The predicted octanol–water partition coefficient (Wildman–Crippen LogP) is 2.57. The summed E-state index contributed by atoms with van der Waals surface area (Å²) in [6.07, 6.45) is -0.972. The topological polar surface area (TPSA) is 99.5 Å². The number of thiazole rings is 1. The van der Waals surface area contributed by atoms with E-state index in [1.165, 1.54) is 24.3 Å².